The molecule has 1 N–H and O–H groups in total. The largest absolute Gasteiger partial charge is 0.369 e. The Labute approximate surface area is 135 Å². The van der Waals surface area contributed by atoms with Crippen molar-refractivity contribution in [3.63, 3.8) is 0 Å². The highest BCUT2D eigenvalue weighted by molar-refractivity contribution is 7.99. The van der Waals surface area contributed by atoms with Gasteiger partial charge in [0.05, 0.1) is 11.2 Å². The minimum absolute atomic E-state index is 0.000687. The molecular formula is C17H34N2OS. The summed E-state index contributed by atoms with van der Waals surface area (Å²) in [5.41, 5.74) is -0.0431. The van der Waals surface area contributed by atoms with Gasteiger partial charge in [0.1, 0.15) is 0 Å². The molecule has 0 aromatic carbocycles. The zero-order valence-corrected chi connectivity index (χ0v) is 15.6. The molecule has 2 heterocycles. The van der Waals surface area contributed by atoms with Gasteiger partial charge in [-0.15, -0.1) is 0 Å². The van der Waals surface area contributed by atoms with Crippen LogP contribution in [0, 0.1) is 5.92 Å². The van der Waals surface area contributed by atoms with E-state index in [1.165, 1.54) is 24.5 Å². The number of hydrogen-bond acceptors (Lipinski definition) is 4. The second-order valence-electron chi connectivity index (χ2n) is 7.88. The quantitative estimate of drug-likeness (QED) is 0.843. The van der Waals surface area contributed by atoms with Crippen LogP contribution in [0.15, 0.2) is 0 Å². The Morgan fingerprint density at radius 1 is 1.33 bits per heavy atom. The fraction of sp³-hybridized carbons (Fsp3) is 1.00. The van der Waals surface area contributed by atoms with E-state index in [0.29, 0.717) is 18.0 Å². The van der Waals surface area contributed by atoms with Crippen LogP contribution >= 0.6 is 11.8 Å². The average Bonchev–Trinajstić information content (AvgIpc) is 2.60. The third-order valence-electron chi connectivity index (χ3n) is 5.06. The average molecular weight is 315 g/mol. The lowest BCUT2D eigenvalue weighted by Gasteiger charge is -2.43. The second kappa shape index (κ2) is 6.77. The van der Waals surface area contributed by atoms with Crippen LogP contribution in [0.1, 0.15) is 47.5 Å². The Balaban J connectivity index is 2.18. The fourth-order valence-corrected chi connectivity index (χ4v) is 5.39. The van der Waals surface area contributed by atoms with E-state index in [1.54, 1.807) is 0 Å². The molecule has 2 aliphatic heterocycles. The van der Waals surface area contributed by atoms with Gasteiger partial charge in [-0.3, -0.25) is 0 Å². The van der Waals surface area contributed by atoms with Crippen molar-refractivity contribution in [2.45, 2.75) is 70.7 Å². The number of nitrogens with one attached hydrogen (secondary N) is 1. The number of nitrogens with zero attached hydrogens (tertiary/aromatic N) is 1. The zero-order chi connectivity index (χ0) is 15.7. The van der Waals surface area contributed by atoms with Crippen molar-refractivity contribution >= 4 is 11.8 Å². The molecule has 0 bridgehead atoms. The van der Waals surface area contributed by atoms with Gasteiger partial charge in [0.15, 0.2) is 0 Å². The smallest absolute Gasteiger partial charge is 0.0678 e. The molecule has 0 aromatic rings. The van der Waals surface area contributed by atoms with Gasteiger partial charge in [0, 0.05) is 36.1 Å². The lowest BCUT2D eigenvalue weighted by Crippen LogP contribution is -2.58. The molecule has 2 aliphatic rings. The van der Waals surface area contributed by atoms with Crippen LogP contribution in [0.25, 0.3) is 0 Å². The van der Waals surface area contributed by atoms with Crippen molar-refractivity contribution in [2.24, 2.45) is 5.92 Å². The Morgan fingerprint density at radius 3 is 2.57 bits per heavy atom. The van der Waals surface area contributed by atoms with E-state index in [-0.39, 0.29) is 11.2 Å². The standard InChI is InChI=1S/C17H34N2OS/c1-7-8-18-15(14-12-21-10-9-19(14)6)13-11-16(2,3)20-17(13,4)5/h13-15,18H,7-12H2,1-6H3. The molecule has 3 nitrogen and oxygen atoms in total. The maximum atomic E-state index is 6.37. The van der Waals surface area contributed by atoms with Crippen molar-refractivity contribution in [1.29, 1.82) is 0 Å². The topological polar surface area (TPSA) is 24.5 Å². The van der Waals surface area contributed by atoms with Crippen LogP contribution in [0.4, 0.5) is 0 Å². The summed E-state index contributed by atoms with van der Waals surface area (Å²) in [6, 6.07) is 1.15. The van der Waals surface area contributed by atoms with Crippen LogP contribution in [0.3, 0.4) is 0 Å². The number of rotatable bonds is 5. The molecule has 0 radical (unpaired) electrons. The Bertz CT molecular complexity index is 346. The maximum Gasteiger partial charge on any atom is 0.0678 e. The Kier molecular flexibility index (Phi) is 5.67. The molecule has 0 spiro atoms. The van der Waals surface area contributed by atoms with E-state index in [9.17, 15) is 0 Å². The Hall–Kier alpha value is 0.230. The summed E-state index contributed by atoms with van der Waals surface area (Å²) in [6.07, 6.45) is 2.34. The predicted molar refractivity (Wildman–Crippen MR) is 93.2 cm³/mol. The van der Waals surface area contributed by atoms with Gasteiger partial charge in [0.2, 0.25) is 0 Å². The first kappa shape index (κ1) is 17.6. The minimum Gasteiger partial charge on any atom is -0.369 e. The molecule has 0 saturated carbocycles. The van der Waals surface area contributed by atoms with E-state index >= 15 is 0 Å². The van der Waals surface area contributed by atoms with Crippen molar-refractivity contribution in [1.82, 2.24) is 10.2 Å². The van der Waals surface area contributed by atoms with Crippen LogP contribution < -0.4 is 5.32 Å². The molecule has 2 saturated heterocycles. The van der Waals surface area contributed by atoms with E-state index in [2.05, 4.69) is 63.6 Å². The molecule has 3 atom stereocenters. The van der Waals surface area contributed by atoms with Crippen molar-refractivity contribution in [2.75, 3.05) is 31.6 Å². The lowest BCUT2D eigenvalue weighted by atomic mass is 9.78. The van der Waals surface area contributed by atoms with E-state index in [0.717, 1.165) is 13.0 Å². The van der Waals surface area contributed by atoms with Gasteiger partial charge in [-0.2, -0.15) is 11.8 Å². The second-order valence-corrected chi connectivity index (χ2v) is 9.03. The monoisotopic (exact) mass is 314 g/mol. The lowest BCUT2D eigenvalue weighted by molar-refractivity contribution is -0.0799. The molecule has 2 fully saturated rings. The van der Waals surface area contributed by atoms with Crippen molar-refractivity contribution in [3.8, 4) is 0 Å². The first-order valence-corrected chi connectivity index (χ1v) is 9.64. The SMILES string of the molecule is CCCNC(C1CSCCN1C)C1CC(C)(C)OC1(C)C. The fourth-order valence-electron chi connectivity index (χ4n) is 4.11. The number of ether oxygens (including phenoxy) is 1. The van der Waals surface area contributed by atoms with Crippen LogP contribution in [-0.2, 0) is 4.74 Å². The third-order valence-corrected chi connectivity index (χ3v) is 6.11. The summed E-state index contributed by atoms with van der Waals surface area (Å²) in [7, 11) is 2.29. The van der Waals surface area contributed by atoms with Crippen LogP contribution in [0.2, 0.25) is 0 Å². The summed E-state index contributed by atoms with van der Waals surface area (Å²) in [5, 5.41) is 3.87. The maximum absolute atomic E-state index is 6.37. The number of hydrogen-bond donors (Lipinski definition) is 1. The summed E-state index contributed by atoms with van der Waals surface area (Å²) >= 11 is 2.10. The van der Waals surface area contributed by atoms with Gasteiger partial charge >= 0.3 is 0 Å². The van der Waals surface area contributed by atoms with Gasteiger partial charge in [-0.25, -0.2) is 0 Å². The predicted octanol–water partition coefficient (Wildman–Crippen LogP) is 3.00. The molecule has 0 amide bonds. The summed E-state index contributed by atoms with van der Waals surface area (Å²) < 4.78 is 6.37. The minimum atomic E-state index is -0.0438. The third kappa shape index (κ3) is 4.15. The highest BCUT2D eigenvalue weighted by Gasteiger charge is 2.51. The highest BCUT2D eigenvalue weighted by atomic mass is 32.2. The van der Waals surface area contributed by atoms with E-state index in [4.69, 9.17) is 4.74 Å². The first-order chi connectivity index (χ1) is 9.77. The van der Waals surface area contributed by atoms with E-state index < -0.39 is 0 Å². The normalized spacial score (nSPS) is 34.0. The number of thioether (sulfide) groups is 1. The summed E-state index contributed by atoms with van der Waals surface area (Å²) in [6.45, 7) is 13.6. The molecule has 4 heteroatoms. The molecule has 124 valence electrons. The van der Waals surface area contributed by atoms with Gasteiger partial charge < -0.3 is 15.0 Å². The van der Waals surface area contributed by atoms with Gasteiger partial charge in [-0.1, -0.05) is 6.92 Å². The Morgan fingerprint density at radius 2 is 2.05 bits per heavy atom. The first-order valence-electron chi connectivity index (χ1n) is 8.48. The number of likely N-dealkylation sites (N-methyl/N-ethyl adjacent to an activating group) is 1. The summed E-state index contributed by atoms with van der Waals surface area (Å²) in [5.74, 6) is 3.08. The van der Waals surface area contributed by atoms with Gasteiger partial charge in [-0.05, 0) is 54.1 Å². The molecule has 0 aromatic heterocycles. The molecule has 2 rings (SSSR count). The molecule has 21 heavy (non-hydrogen) atoms. The van der Waals surface area contributed by atoms with E-state index in [1.807, 2.05) is 0 Å². The van der Waals surface area contributed by atoms with Crippen molar-refractivity contribution in [3.05, 3.63) is 0 Å². The zero-order valence-electron chi connectivity index (χ0n) is 14.7. The van der Waals surface area contributed by atoms with Crippen LogP contribution in [-0.4, -0.2) is 59.8 Å². The van der Waals surface area contributed by atoms with Crippen molar-refractivity contribution < 1.29 is 4.74 Å². The molecular weight excluding hydrogens is 280 g/mol. The highest BCUT2D eigenvalue weighted by Crippen LogP contribution is 2.45. The molecule has 0 aliphatic carbocycles. The van der Waals surface area contributed by atoms with Crippen LogP contribution in [0.5, 0.6) is 0 Å². The molecule has 3 unspecified atom stereocenters. The summed E-state index contributed by atoms with van der Waals surface area (Å²) in [4.78, 5) is 2.56. The van der Waals surface area contributed by atoms with Gasteiger partial charge in [0.25, 0.3) is 0 Å².